The molecule has 0 aliphatic carbocycles. The van der Waals surface area contributed by atoms with Crippen molar-refractivity contribution in [1.29, 1.82) is 0 Å². The second-order valence-corrected chi connectivity index (χ2v) is 14.7. The number of aromatic nitrogens is 1. The quantitative estimate of drug-likeness (QED) is 0.0681. The minimum Gasteiger partial charge on any atom is -0.506 e. The van der Waals surface area contributed by atoms with Crippen molar-refractivity contribution in [3.8, 4) is 11.5 Å². The van der Waals surface area contributed by atoms with Gasteiger partial charge in [0.15, 0.2) is 0 Å². The number of aromatic amines is 1. The van der Waals surface area contributed by atoms with Gasteiger partial charge in [0.05, 0.1) is 23.7 Å². The van der Waals surface area contributed by atoms with Crippen molar-refractivity contribution in [3.63, 3.8) is 0 Å². The van der Waals surface area contributed by atoms with E-state index in [1.807, 2.05) is 72.8 Å². The lowest BCUT2D eigenvalue weighted by atomic mass is 9.81. The van der Waals surface area contributed by atoms with Crippen molar-refractivity contribution in [2.24, 2.45) is 5.92 Å². The van der Waals surface area contributed by atoms with E-state index in [4.69, 9.17) is 4.74 Å². The Kier molecular flexibility index (Phi) is 12.3. The predicted molar refractivity (Wildman–Crippen MR) is 214 cm³/mol. The van der Waals surface area contributed by atoms with Gasteiger partial charge in [0.25, 0.3) is 5.91 Å². The number of ether oxygens (including phenoxy) is 1. The number of phenols is 1. The molecule has 12 heteroatoms. The highest BCUT2D eigenvalue weighted by molar-refractivity contribution is 5.94. The molecule has 6 N–H and O–H groups in total. The molecule has 0 spiro atoms. The molecule has 12 nitrogen and oxygen atoms in total. The number of aromatic hydroxyl groups is 1. The summed E-state index contributed by atoms with van der Waals surface area (Å²) in [6.07, 6.45) is 1.77. The highest BCUT2D eigenvalue weighted by atomic mass is 16.5. The molecule has 4 aromatic carbocycles. The summed E-state index contributed by atoms with van der Waals surface area (Å²) >= 11 is 0. The van der Waals surface area contributed by atoms with Crippen LogP contribution in [0.3, 0.4) is 0 Å². The van der Waals surface area contributed by atoms with Crippen molar-refractivity contribution in [3.05, 3.63) is 141 Å². The first-order valence-corrected chi connectivity index (χ1v) is 19.4. The van der Waals surface area contributed by atoms with E-state index in [9.17, 15) is 29.7 Å². The molecule has 292 valence electrons. The van der Waals surface area contributed by atoms with Gasteiger partial charge in [-0.1, -0.05) is 60.7 Å². The van der Waals surface area contributed by atoms with E-state index in [2.05, 4.69) is 20.5 Å². The van der Waals surface area contributed by atoms with Crippen molar-refractivity contribution in [2.75, 3.05) is 39.3 Å². The van der Waals surface area contributed by atoms with Crippen LogP contribution < -0.4 is 20.9 Å². The number of carboxylic acid groups (broad SMARTS) is 1. The van der Waals surface area contributed by atoms with Gasteiger partial charge in [-0.15, -0.1) is 0 Å². The van der Waals surface area contributed by atoms with Crippen molar-refractivity contribution >= 4 is 22.9 Å². The molecule has 0 saturated carbocycles. The van der Waals surface area contributed by atoms with E-state index in [-0.39, 0.29) is 29.9 Å². The van der Waals surface area contributed by atoms with E-state index in [1.54, 1.807) is 23.1 Å². The Morgan fingerprint density at radius 1 is 0.893 bits per heavy atom. The number of aliphatic hydroxyl groups excluding tert-OH is 1. The zero-order valence-electron chi connectivity index (χ0n) is 31.3. The van der Waals surface area contributed by atoms with Crippen LogP contribution in [0.1, 0.15) is 70.4 Å². The molecule has 5 aromatic rings. The Bertz CT molecular complexity index is 2190. The molecule has 2 unspecified atom stereocenters. The lowest BCUT2D eigenvalue weighted by Gasteiger charge is -2.50. The van der Waals surface area contributed by atoms with Crippen LogP contribution in [0.5, 0.6) is 11.5 Å². The SMILES string of the molecule is O=C(NCCCCNCC(O)c1ccc(O)c2[nH]c(=O)ccc12)c1cccc(COc2cccc([C@H](c3ccccc3)N(C(=O)O)C3CN4CCC3CC4)c2)c1. The van der Waals surface area contributed by atoms with Gasteiger partial charge >= 0.3 is 6.09 Å². The fourth-order valence-corrected chi connectivity index (χ4v) is 8.16. The first kappa shape index (κ1) is 38.6. The van der Waals surface area contributed by atoms with Crippen LogP contribution in [0.25, 0.3) is 10.9 Å². The number of fused-ring (bicyclic) bond motifs is 4. The highest BCUT2D eigenvalue weighted by Crippen LogP contribution is 2.39. The van der Waals surface area contributed by atoms with Crippen LogP contribution in [-0.2, 0) is 6.61 Å². The zero-order chi connectivity index (χ0) is 39.0. The van der Waals surface area contributed by atoms with Gasteiger partial charge in [-0.2, -0.15) is 0 Å². The number of hydrogen-bond acceptors (Lipinski definition) is 8. The van der Waals surface area contributed by atoms with Crippen LogP contribution in [-0.4, -0.2) is 87.4 Å². The second kappa shape index (κ2) is 17.8. The maximum absolute atomic E-state index is 13.0. The topological polar surface area (TPSA) is 167 Å². The molecule has 2 bridgehead atoms. The molecule has 3 fully saturated rings. The molecule has 3 aliphatic rings. The number of phenolic OH excluding ortho intramolecular Hbond substituents is 1. The lowest BCUT2D eigenvalue weighted by molar-refractivity contribution is -0.000814. The van der Waals surface area contributed by atoms with E-state index >= 15 is 0 Å². The second-order valence-electron chi connectivity index (χ2n) is 14.7. The average Bonchev–Trinajstić information content (AvgIpc) is 3.22. The smallest absolute Gasteiger partial charge is 0.408 e. The van der Waals surface area contributed by atoms with Crippen LogP contribution in [0.15, 0.2) is 108 Å². The van der Waals surface area contributed by atoms with E-state index in [0.29, 0.717) is 53.3 Å². The monoisotopic (exact) mass is 759 g/mol. The highest BCUT2D eigenvalue weighted by Gasteiger charge is 2.43. The first-order valence-electron chi connectivity index (χ1n) is 19.4. The third kappa shape index (κ3) is 9.05. The first-order chi connectivity index (χ1) is 27.2. The summed E-state index contributed by atoms with van der Waals surface area (Å²) in [4.78, 5) is 44.4. The number of aliphatic hydroxyl groups is 1. The summed E-state index contributed by atoms with van der Waals surface area (Å²) in [5.41, 5.74) is 3.69. The number of amides is 2. The number of pyridine rings is 1. The molecular weight excluding hydrogens is 711 g/mol. The molecule has 4 heterocycles. The summed E-state index contributed by atoms with van der Waals surface area (Å²) in [7, 11) is 0. The molecule has 1 aromatic heterocycles. The number of H-pyrrole nitrogens is 1. The van der Waals surface area contributed by atoms with Gasteiger partial charge in [-0.3, -0.25) is 14.5 Å². The van der Waals surface area contributed by atoms with Crippen molar-refractivity contribution in [1.82, 2.24) is 25.4 Å². The van der Waals surface area contributed by atoms with Crippen LogP contribution in [0, 0.1) is 5.92 Å². The number of hydrogen-bond donors (Lipinski definition) is 6. The van der Waals surface area contributed by atoms with Crippen molar-refractivity contribution in [2.45, 2.75) is 50.5 Å². The fraction of sp³-hybridized carbons (Fsp3) is 0.341. The van der Waals surface area contributed by atoms with Crippen molar-refractivity contribution < 1.29 is 29.6 Å². The summed E-state index contributed by atoms with van der Waals surface area (Å²) < 4.78 is 6.24. The number of rotatable bonds is 16. The van der Waals surface area contributed by atoms with Gasteiger partial charge in [-0.05, 0) is 110 Å². The molecular formula is C44H49N5O7. The summed E-state index contributed by atoms with van der Waals surface area (Å²) in [6, 6.07) is 30.3. The maximum Gasteiger partial charge on any atom is 0.408 e. The Labute approximate surface area is 325 Å². The number of nitrogens with zero attached hydrogens (tertiary/aromatic N) is 2. The van der Waals surface area contributed by atoms with Crippen LogP contribution in [0.2, 0.25) is 0 Å². The van der Waals surface area contributed by atoms with E-state index in [0.717, 1.165) is 62.0 Å². The fourth-order valence-electron chi connectivity index (χ4n) is 8.16. The molecule has 2 amide bonds. The maximum atomic E-state index is 13.0. The third-order valence-electron chi connectivity index (χ3n) is 11.0. The molecule has 3 atom stereocenters. The van der Waals surface area contributed by atoms with Gasteiger partial charge in [0.1, 0.15) is 18.1 Å². The van der Waals surface area contributed by atoms with Crippen LogP contribution >= 0.6 is 0 Å². The number of carbonyl (C=O) groups excluding carboxylic acids is 1. The Balaban J connectivity index is 0.905. The van der Waals surface area contributed by atoms with E-state index in [1.165, 1.54) is 12.1 Å². The summed E-state index contributed by atoms with van der Waals surface area (Å²) in [6.45, 7) is 4.44. The number of carbonyl (C=O) groups is 2. The van der Waals surface area contributed by atoms with Gasteiger partial charge in [-0.25, -0.2) is 4.79 Å². The van der Waals surface area contributed by atoms with E-state index < -0.39 is 18.2 Å². The van der Waals surface area contributed by atoms with Gasteiger partial charge < -0.3 is 40.6 Å². The largest absolute Gasteiger partial charge is 0.506 e. The summed E-state index contributed by atoms with van der Waals surface area (Å²) in [5, 5.41) is 38.3. The Morgan fingerprint density at radius 3 is 2.43 bits per heavy atom. The van der Waals surface area contributed by atoms with Gasteiger partial charge in [0.2, 0.25) is 5.56 Å². The standard InChI is InChI=1S/C44H49N5O7/c50-38-16-14-35(36-15-17-40(52)47-41(36)38)39(51)26-45-20-4-5-21-46-43(53)33-12-6-8-29(24-33)28-56-34-13-7-11-32(25-34)42(31-9-2-1-3-10-31)49(44(54)55)37-27-48-22-18-30(37)19-23-48/h1-3,6-17,24-25,30,37,39,42,45,50-51H,4-5,18-23,26-28H2,(H,46,53)(H,47,52)(H,54,55)/t37?,39?,42-/m0/s1. The molecule has 0 radical (unpaired) electrons. The number of unbranched alkanes of at least 4 members (excludes halogenated alkanes) is 1. The Morgan fingerprint density at radius 2 is 1.66 bits per heavy atom. The molecule has 8 rings (SSSR count). The van der Waals surface area contributed by atoms with Gasteiger partial charge in [0, 0.05) is 36.7 Å². The zero-order valence-corrected chi connectivity index (χ0v) is 31.3. The predicted octanol–water partition coefficient (Wildman–Crippen LogP) is 5.81. The minimum atomic E-state index is -0.924. The normalized spacial score (nSPS) is 18.6. The lowest BCUT2D eigenvalue weighted by Crippen LogP contribution is -2.59. The third-order valence-corrected chi connectivity index (χ3v) is 11.0. The number of nitrogens with one attached hydrogen (secondary N) is 3. The van der Waals surface area contributed by atoms with Crippen LogP contribution in [0.4, 0.5) is 4.79 Å². The molecule has 56 heavy (non-hydrogen) atoms. The Hall–Kier alpha value is -5.69. The molecule has 3 saturated heterocycles. The average molecular weight is 760 g/mol. The minimum absolute atomic E-state index is 0.0517. The molecule has 3 aliphatic heterocycles. The number of piperidine rings is 3. The number of benzene rings is 4. The summed E-state index contributed by atoms with van der Waals surface area (Å²) in [5.74, 6) is 0.724.